The lowest BCUT2D eigenvalue weighted by atomic mass is 9.67. The minimum absolute atomic E-state index is 0.580. The van der Waals surface area contributed by atoms with Gasteiger partial charge in [0.1, 0.15) is 16.9 Å². The lowest BCUT2D eigenvalue weighted by Gasteiger charge is -2.33. The fourth-order valence-electron chi connectivity index (χ4n) is 9.69. The standard InChI is InChI=1S/C57H37NO2/c1-4-15-38(16-5-1)39-27-32-44(33-28-39)58(51-24-14-23-47-46-21-10-12-25-52(46)59-55(47)51)45-34-29-40(30-35-45)41-31-36-48-50(37-41)57(42-17-6-2-7-18-42,43-19-8-3-9-20-43)54-49-22-11-13-26-53(49)60-56(48)54/h1-37H. The van der Waals surface area contributed by atoms with Crippen LogP contribution in [0.3, 0.4) is 0 Å². The third-order valence-electron chi connectivity index (χ3n) is 12.4. The Hall–Kier alpha value is -7.88. The predicted molar refractivity (Wildman–Crippen MR) is 246 cm³/mol. The predicted octanol–water partition coefficient (Wildman–Crippen LogP) is 15.5. The molecule has 0 unspecified atom stereocenters. The van der Waals surface area contributed by atoms with Crippen molar-refractivity contribution < 1.29 is 8.83 Å². The molecule has 0 radical (unpaired) electrons. The van der Waals surface area contributed by atoms with Gasteiger partial charge in [0, 0.05) is 38.7 Å². The van der Waals surface area contributed by atoms with Crippen molar-refractivity contribution in [3.63, 3.8) is 0 Å². The second kappa shape index (κ2) is 13.6. The van der Waals surface area contributed by atoms with Crippen LogP contribution in [0.15, 0.2) is 233 Å². The van der Waals surface area contributed by atoms with Crippen LogP contribution in [0.1, 0.15) is 22.3 Å². The van der Waals surface area contributed by atoms with Gasteiger partial charge in [0.15, 0.2) is 5.58 Å². The van der Waals surface area contributed by atoms with E-state index < -0.39 is 5.41 Å². The highest BCUT2D eigenvalue weighted by atomic mass is 16.3. The smallest absolute Gasteiger partial charge is 0.159 e. The van der Waals surface area contributed by atoms with Crippen molar-refractivity contribution in [2.24, 2.45) is 0 Å². The molecule has 0 saturated heterocycles. The van der Waals surface area contributed by atoms with Gasteiger partial charge in [-0.1, -0.05) is 176 Å². The molecule has 1 aliphatic rings. The number of furan rings is 2. The lowest BCUT2D eigenvalue weighted by molar-refractivity contribution is 0.628. The molecule has 282 valence electrons. The Labute approximate surface area is 348 Å². The van der Waals surface area contributed by atoms with Crippen molar-refractivity contribution >= 4 is 50.0 Å². The van der Waals surface area contributed by atoms with E-state index in [4.69, 9.17) is 8.83 Å². The summed E-state index contributed by atoms with van der Waals surface area (Å²) in [5.74, 6) is 0.939. The Bertz CT molecular complexity index is 3310. The first kappa shape index (κ1) is 34.2. The number of benzene rings is 9. The zero-order valence-electron chi connectivity index (χ0n) is 32.6. The summed E-state index contributed by atoms with van der Waals surface area (Å²) in [7, 11) is 0. The zero-order valence-corrected chi connectivity index (χ0v) is 32.6. The Morgan fingerprint density at radius 3 is 1.52 bits per heavy atom. The summed E-state index contributed by atoms with van der Waals surface area (Å²) in [5, 5.41) is 3.34. The van der Waals surface area contributed by atoms with Crippen LogP contribution in [0.5, 0.6) is 0 Å². The van der Waals surface area contributed by atoms with Crippen molar-refractivity contribution in [2.75, 3.05) is 4.90 Å². The van der Waals surface area contributed by atoms with Crippen LogP contribution in [0.25, 0.3) is 66.5 Å². The van der Waals surface area contributed by atoms with Gasteiger partial charge in [-0.25, -0.2) is 0 Å². The number of fused-ring (bicyclic) bond motifs is 8. The molecule has 11 aromatic rings. The van der Waals surface area contributed by atoms with E-state index in [1.807, 2.05) is 12.1 Å². The van der Waals surface area contributed by atoms with Crippen LogP contribution < -0.4 is 4.90 Å². The van der Waals surface area contributed by atoms with Crippen molar-refractivity contribution in [1.29, 1.82) is 0 Å². The van der Waals surface area contributed by atoms with Gasteiger partial charge in [0.25, 0.3) is 0 Å². The molecule has 0 bridgehead atoms. The molecule has 1 aliphatic carbocycles. The van der Waals surface area contributed by atoms with E-state index in [1.165, 1.54) is 33.4 Å². The molecule has 3 nitrogen and oxygen atoms in total. The Morgan fingerprint density at radius 2 is 0.867 bits per heavy atom. The van der Waals surface area contributed by atoms with E-state index in [0.717, 1.165) is 72.4 Å². The highest BCUT2D eigenvalue weighted by molar-refractivity contribution is 6.10. The summed E-state index contributed by atoms with van der Waals surface area (Å²) in [4.78, 5) is 2.31. The average molecular weight is 768 g/mol. The van der Waals surface area contributed by atoms with Crippen molar-refractivity contribution in [3.8, 4) is 33.6 Å². The van der Waals surface area contributed by atoms with E-state index in [-0.39, 0.29) is 0 Å². The number of para-hydroxylation sites is 3. The van der Waals surface area contributed by atoms with Gasteiger partial charge in [-0.2, -0.15) is 0 Å². The highest BCUT2D eigenvalue weighted by Crippen LogP contribution is 2.59. The Balaban J connectivity index is 1.02. The third-order valence-corrected chi connectivity index (χ3v) is 12.4. The molecule has 0 N–H and O–H groups in total. The van der Waals surface area contributed by atoms with Gasteiger partial charge < -0.3 is 13.7 Å². The molecule has 9 aromatic carbocycles. The number of anilines is 3. The lowest BCUT2D eigenvalue weighted by Crippen LogP contribution is -2.28. The van der Waals surface area contributed by atoms with Gasteiger partial charge in [-0.15, -0.1) is 0 Å². The molecular weight excluding hydrogens is 731 g/mol. The summed E-state index contributed by atoms with van der Waals surface area (Å²) in [5.41, 5.74) is 15.7. The molecule has 0 saturated carbocycles. The minimum atomic E-state index is -0.580. The maximum absolute atomic E-state index is 6.78. The summed E-state index contributed by atoms with van der Waals surface area (Å²) < 4.78 is 13.4. The van der Waals surface area contributed by atoms with Gasteiger partial charge >= 0.3 is 0 Å². The minimum Gasteiger partial charge on any atom is -0.456 e. The molecule has 0 fully saturated rings. The van der Waals surface area contributed by atoms with Crippen LogP contribution in [0.2, 0.25) is 0 Å². The molecule has 0 spiro atoms. The first-order chi connectivity index (χ1) is 29.8. The summed E-state index contributed by atoms with van der Waals surface area (Å²) in [6, 6.07) is 80.2. The molecule has 12 rings (SSSR count). The maximum Gasteiger partial charge on any atom is 0.159 e. The van der Waals surface area contributed by atoms with Crippen molar-refractivity contribution in [3.05, 3.63) is 247 Å². The van der Waals surface area contributed by atoms with E-state index in [1.54, 1.807) is 0 Å². The molecule has 0 amide bonds. The van der Waals surface area contributed by atoms with Crippen LogP contribution in [-0.2, 0) is 5.41 Å². The zero-order chi connectivity index (χ0) is 39.6. The van der Waals surface area contributed by atoms with E-state index >= 15 is 0 Å². The van der Waals surface area contributed by atoms with E-state index in [0.29, 0.717) is 0 Å². The van der Waals surface area contributed by atoms with Crippen molar-refractivity contribution in [2.45, 2.75) is 5.41 Å². The quantitative estimate of drug-likeness (QED) is 0.162. The number of hydrogen-bond donors (Lipinski definition) is 0. The van der Waals surface area contributed by atoms with E-state index in [9.17, 15) is 0 Å². The molecule has 0 aliphatic heterocycles. The van der Waals surface area contributed by atoms with Gasteiger partial charge in [-0.3, -0.25) is 0 Å². The Morgan fingerprint density at radius 1 is 0.367 bits per heavy atom. The van der Waals surface area contributed by atoms with Crippen LogP contribution >= 0.6 is 0 Å². The molecule has 3 heteroatoms. The monoisotopic (exact) mass is 767 g/mol. The third kappa shape index (κ3) is 5.16. The highest BCUT2D eigenvalue weighted by Gasteiger charge is 2.49. The first-order valence-electron chi connectivity index (χ1n) is 20.5. The Kier molecular flexibility index (Phi) is 7.76. The molecule has 2 aromatic heterocycles. The summed E-state index contributed by atoms with van der Waals surface area (Å²) in [6.45, 7) is 0. The maximum atomic E-state index is 6.78. The molecular formula is C57H37NO2. The first-order valence-corrected chi connectivity index (χ1v) is 20.5. The van der Waals surface area contributed by atoms with Gasteiger partial charge in [-0.05, 0) is 87.5 Å². The number of nitrogens with zero attached hydrogens (tertiary/aromatic N) is 1. The van der Waals surface area contributed by atoms with Crippen LogP contribution in [-0.4, -0.2) is 0 Å². The van der Waals surface area contributed by atoms with Gasteiger partial charge in [0.2, 0.25) is 0 Å². The topological polar surface area (TPSA) is 29.5 Å². The molecule has 0 atom stereocenters. The molecule has 60 heavy (non-hydrogen) atoms. The fraction of sp³-hybridized carbons (Fsp3) is 0.0175. The second-order valence-electron chi connectivity index (χ2n) is 15.6. The van der Waals surface area contributed by atoms with Crippen LogP contribution in [0, 0.1) is 0 Å². The molecule has 2 heterocycles. The van der Waals surface area contributed by atoms with Gasteiger partial charge in [0.05, 0.1) is 11.1 Å². The number of hydrogen-bond acceptors (Lipinski definition) is 3. The fourth-order valence-corrected chi connectivity index (χ4v) is 9.69. The number of rotatable bonds is 7. The summed E-state index contributed by atoms with van der Waals surface area (Å²) >= 11 is 0. The van der Waals surface area contributed by atoms with Crippen LogP contribution in [0.4, 0.5) is 17.1 Å². The SMILES string of the molecule is c1ccc(-c2ccc(N(c3ccc(-c4ccc5c(c4)C(c4ccccc4)(c4ccccc4)c4c-5oc5ccccc45)cc3)c3cccc4c3oc3ccccc34)cc2)cc1. The normalized spacial score (nSPS) is 12.8. The average Bonchev–Trinajstić information content (AvgIpc) is 3.99. The largest absolute Gasteiger partial charge is 0.456 e. The van der Waals surface area contributed by atoms with E-state index in [2.05, 4.69) is 217 Å². The second-order valence-corrected chi connectivity index (χ2v) is 15.6. The summed E-state index contributed by atoms with van der Waals surface area (Å²) in [6.07, 6.45) is 0. The van der Waals surface area contributed by atoms with Crippen molar-refractivity contribution in [1.82, 2.24) is 0 Å².